The summed E-state index contributed by atoms with van der Waals surface area (Å²) in [6.07, 6.45) is 18.3. The molecule has 0 aromatic heterocycles. The molecule has 4 aliphatic carbocycles. The second-order valence-electron chi connectivity index (χ2n) is 8.81. The van der Waals surface area contributed by atoms with Crippen LogP contribution in [-0.4, -0.2) is 7.11 Å². The number of hydrogen-bond acceptors (Lipinski definition) is 1. The molecule has 132 valence electrons. The first-order valence-corrected chi connectivity index (χ1v) is 10.3. The second kappa shape index (κ2) is 6.39. The number of allylic oxidation sites excluding steroid dienone is 5. The lowest BCUT2D eigenvalue weighted by Crippen LogP contribution is -2.41. The van der Waals surface area contributed by atoms with Crippen molar-refractivity contribution in [2.24, 2.45) is 23.2 Å². The SMILES string of the molecule is CCC/C=C1/CCC2C3CCC4=C(CC=C(OC)C4)C3CC[C@]12C. The molecule has 4 aliphatic rings. The number of unbranched alkanes of at least 4 members (excludes halogenated alkanes) is 1. The summed E-state index contributed by atoms with van der Waals surface area (Å²) in [7, 11) is 1.83. The summed E-state index contributed by atoms with van der Waals surface area (Å²) < 4.78 is 5.53. The lowest BCUT2D eigenvalue weighted by atomic mass is 9.54. The molecule has 2 saturated carbocycles. The molecule has 0 N–H and O–H groups in total. The van der Waals surface area contributed by atoms with E-state index >= 15 is 0 Å². The normalized spacial score (nSPS) is 40.0. The van der Waals surface area contributed by atoms with Gasteiger partial charge in [0.1, 0.15) is 0 Å². The summed E-state index contributed by atoms with van der Waals surface area (Å²) >= 11 is 0. The third kappa shape index (κ3) is 2.50. The molecular formula is C23H34O. The quantitative estimate of drug-likeness (QED) is 0.533. The van der Waals surface area contributed by atoms with Gasteiger partial charge in [0.15, 0.2) is 0 Å². The molecule has 0 heterocycles. The molecule has 4 atom stereocenters. The molecule has 0 spiro atoms. The van der Waals surface area contributed by atoms with Gasteiger partial charge in [0.05, 0.1) is 12.9 Å². The third-order valence-corrected chi connectivity index (χ3v) is 7.84. The maximum Gasteiger partial charge on any atom is 0.0959 e. The summed E-state index contributed by atoms with van der Waals surface area (Å²) in [5.41, 5.74) is 5.90. The molecule has 0 saturated heterocycles. The Balaban J connectivity index is 1.57. The van der Waals surface area contributed by atoms with E-state index in [1.807, 2.05) is 18.3 Å². The maximum absolute atomic E-state index is 5.53. The Morgan fingerprint density at radius 2 is 2.12 bits per heavy atom. The van der Waals surface area contributed by atoms with Crippen LogP contribution in [0.1, 0.15) is 78.1 Å². The number of ether oxygens (including phenoxy) is 1. The minimum Gasteiger partial charge on any atom is -0.501 e. The van der Waals surface area contributed by atoms with Crippen LogP contribution >= 0.6 is 0 Å². The van der Waals surface area contributed by atoms with Gasteiger partial charge in [0.25, 0.3) is 0 Å². The molecule has 2 fully saturated rings. The fourth-order valence-corrected chi connectivity index (χ4v) is 6.55. The van der Waals surface area contributed by atoms with E-state index in [0.29, 0.717) is 5.41 Å². The van der Waals surface area contributed by atoms with Crippen LogP contribution in [0.15, 0.2) is 34.6 Å². The molecule has 1 heteroatoms. The van der Waals surface area contributed by atoms with Gasteiger partial charge in [-0.15, -0.1) is 0 Å². The first kappa shape index (κ1) is 16.5. The summed E-state index contributed by atoms with van der Waals surface area (Å²) in [6, 6.07) is 0. The van der Waals surface area contributed by atoms with Gasteiger partial charge in [0.2, 0.25) is 0 Å². The zero-order chi connectivity index (χ0) is 16.7. The van der Waals surface area contributed by atoms with Crippen LogP contribution in [0.4, 0.5) is 0 Å². The van der Waals surface area contributed by atoms with E-state index in [1.165, 1.54) is 63.5 Å². The van der Waals surface area contributed by atoms with Gasteiger partial charge >= 0.3 is 0 Å². The average Bonchev–Trinajstić information content (AvgIpc) is 2.95. The second-order valence-corrected chi connectivity index (χ2v) is 8.81. The Hall–Kier alpha value is -0.980. The van der Waals surface area contributed by atoms with Crippen LogP contribution in [0.5, 0.6) is 0 Å². The highest BCUT2D eigenvalue weighted by atomic mass is 16.5. The monoisotopic (exact) mass is 326 g/mol. The van der Waals surface area contributed by atoms with Crippen molar-refractivity contribution in [1.29, 1.82) is 0 Å². The van der Waals surface area contributed by atoms with Gasteiger partial charge in [0, 0.05) is 6.42 Å². The van der Waals surface area contributed by atoms with E-state index in [2.05, 4.69) is 26.0 Å². The first-order valence-electron chi connectivity index (χ1n) is 10.3. The molecule has 3 unspecified atom stereocenters. The van der Waals surface area contributed by atoms with Crippen molar-refractivity contribution in [3.63, 3.8) is 0 Å². The highest BCUT2D eigenvalue weighted by Gasteiger charge is 2.52. The summed E-state index contributed by atoms with van der Waals surface area (Å²) in [4.78, 5) is 0. The molecule has 0 radical (unpaired) electrons. The van der Waals surface area contributed by atoms with Gasteiger partial charge in [-0.1, -0.05) is 43.1 Å². The molecule has 0 aliphatic heterocycles. The number of methoxy groups -OCH3 is 1. The van der Waals surface area contributed by atoms with E-state index in [4.69, 9.17) is 4.74 Å². The predicted molar refractivity (Wildman–Crippen MR) is 101 cm³/mol. The lowest BCUT2D eigenvalue weighted by molar-refractivity contribution is 0.0615. The van der Waals surface area contributed by atoms with E-state index in [0.717, 1.165) is 24.2 Å². The van der Waals surface area contributed by atoms with E-state index in [-0.39, 0.29) is 0 Å². The Labute approximate surface area is 148 Å². The van der Waals surface area contributed by atoms with Crippen LogP contribution in [0.25, 0.3) is 0 Å². The Bertz CT molecular complexity index is 593. The lowest BCUT2D eigenvalue weighted by Gasteiger charge is -2.51. The van der Waals surface area contributed by atoms with Crippen molar-refractivity contribution in [1.82, 2.24) is 0 Å². The fourth-order valence-electron chi connectivity index (χ4n) is 6.55. The first-order chi connectivity index (χ1) is 11.7. The zero-order valence-electron chi connectivity index (χ0n) is 15.9. The standard InChI is InChI=1S/C23H34O/c1-4-5-6-17-8-12-22-21-10-7-16-15-18(24-3)9-11-19(16)20(21)13-14-23(17,22)2/h6,9,20-22H,4-5,7-8,10-15H2,1-3H3/b17-6-/t20?,21?,22?,23-/m1/s1. The van der Waals surface area contributed by atoms with Crippen molar-refractivity contribution < 1.29 is 4.74 Å². The summed E-state index contributed by atoms with van der Waals surface area (Å²) in [5.74, 6) is 3.99. The van der Waals surface area contributed by atoms with E-state index < -0.39 is 0 Å². The molecule has 1 nitrogen and oxygen atoms in total. The molecule has 0 aromatic carbocycles. The van der Waals surface area contributed by atoms with E-state index in [1.54, 1.807) is 5.57 Å². The van der Waals surface area contributed by atoms with Gasteiger partial charge in [-0.05, 0) is 80.6 Å². The van der Waals surface area contributed by atoms with Crippen molar-refractivity contribution >= 4 is 0 Å². The number of fused-ring (bicyclic) bond motifs is 4. The molecule has 0 amide bonds. The Kier molecular flexibility index (Phi) is 4.39. The van der Waals surface area contributed by atoms with Gasteiger partial charge in [-0.25, -0.2) is 0 Å². The summed E-state index contributed by atoms with van der Waals surface area (Å²) in [6.45, 7) is 4.92. The minimum atomic E-state index is 0.524. The van der Waals surface area contributed by atoms with Crippen molar-refractivity contribution in [2.45, 2.75) is 78.1 Å². The molecule has 24 heavy (non-hydrogen) atoms. The predicted octanol–water partition coefficient (Wildman–Crippen LogP) is 6.57. The topological polar surface area (TPSA) is 9.23 Å². The van der Waals surface area contributed by atoms with Crippen molar-refractivity contribution in [3.05, 3.63) is 34.6 Å². The van der Waals surface area contributed by atoms with Crippen molar-refractivity contribution in [3.8, 4) is 0 Å². The number of hydrogen-bond donors (Lipinski definition) is 0. The highest BCUT2D eigenvalue weighted by Crippen LogP contribution is 2.62. The van der Waals surface area contributed by atoms with Crippen LogP contribution in [0, 0.1) is 23.2 Å². The maximum atomic E-state index is 5.53. The van der Waals surface area contributed by atoms with Gasteiger partial charge in [-0.3, -0.25) is 0 Å². The molecular weight excluding hydrogens is 292 g/mol. The molecule has 0 bridgehead atoms. The smallest absolute Gasteiger partial charge is 0.0959 e. The minimum absolute atomic E-state index is 0.524. The highest BCUT2D eigenvalue weighted by molar-refractivity contribution is 5.34. The van der Waals surface area contributed by atoms with Crippen molar-refractivity contribution in [2.75, 3.05) is 7.11 Å². The fraction of sp³-hybridized carbons (Fsp3) is 0.739. The molecule has 0 aromatic rings. The van der Waals surface area contributed by atoms with Crippen LogP contribution in [0.2, 0.25) is 0 Å². The Morgan fingerprint density at radius 3 is 2.92 bits per heavy atom. The molecule has 4 rings (SSSR count). The third-order valence-electron chi connectivity index (χ3n) is 7.84. The van der Waals surface area contributed by atoms with E-state index in [9.17, 15) is 0 Å². The Morgan fingerprint density at radius 1 is 1.25 bits per heavy atom. The van der Waals surface area contributed by atoms with Crippen LogP contribution < -0.4 is 0 Å². The zero-order valence-corrected chi connectivity index (χ0v) is 15.9. The van der Waals surface area contributed by atoms with Gasteiger partial charge in [-0.2, -0.15) is 0 Å². The van der Waals surface area contributed by atoms with Gasteiger partial charge < -0.3 is 4.74 Å². The van der Waals surface area contributed by atoms with Crippen LogP contribution in [0.3, 0.4) is 0 Å². The van der Waals surface area contributed by atoms with Crippen LogP contribution in [-0.2, 0) is 4.74 Å². The average molecular weight is 327 g/mol. The largest absolute Gasteiger partial charge is 0.501 e. The summed E-state index contributed by atoms with van der Waals surface area (Å²) in [5, 5.41) is 0. The number of rotatable bonds is 3.